The summed E-state index contributed by atoms with van der Waals surface area (Å²) in [6.45, 7) is 0.222. The summed E-state index contributed by atoms with van der Waals surface area (Å²) < 4.78 is 5.30. The molecule has 136 valence electrons. The minimum atomic E-state index is -0.527. The zero-order chi connectivity index (χ0) is 18.8. The van der Waals surface area contributed by atoms with E-state index in [1.165, 1.54) is 12.0 Å². The van der Waals surface area contributed by atoms with Crippen molar-refractivity contribution in [3.63, 3.8) is 0 Å². The molecule has 3 rings (SSSR count). The highest BCUT2D eigenvalue weighted by molar-refractivity contribution is 6.44. The number of halogens is 3. The molecule has 1 fully saturated rings. The lowest BCUT2D eigenvalue weighted by Crippen LogP contribution is -2.28. The molecule has 8 heteroatoms. The Morgan fingerprint density at radius 1 is 1.23 bits per heavy atom. The summed E-state index contributed by atoms with van der Waals surface area (Å²) in [5, 5.41) is 3.82. The Bertz CT molecular complexity index is 873. The molecule has 0 aliphatic carbocycles. The number of ether oxygens (including phenoxy) is 1. The number of rotatable bonds is 4. The van der Waals surface area contributed by atoms with E-state index in [1.54, 1.807) is 36.4 Å². The normalized spacial score (nSPS) is 16.7. The standard InChI is InChI=1S/C18H15Cl3N2O3/c1-26-15-6-5-11(19)8-14(15)23-9-10(7-16(23)24)18(25)22-13-4-2-3-12(20)17(13)21/h2-6,8,10H,7,9H2,1H3,(H,22,25)/t10-/m1/s1. The Morgan fingerprint density at radius 2 is 2.00 bits per heavy atom. The van der Waals surface area contributed by atoms with E-state index in [4.69, 9.17) is 39.5 Å². The number of hydrogen-bond acceptors (Lipinski definition) is 3. The van der Waals surface area contributed by atoms with E-state index in [1.807, 2.05) is 0 Å². The first-order chi connectivity index (χ1) is 12.4. The molecule has 5 nitrogen and oxygen atoms in total. The molecule has 0 saturated carbocycles. The van der Waals surface area contributed by atoms with Crippen LogP contribution in [0.2, 0.25) is 15.1 Å². The largest absolute Gasteiger partial charge is 0.495 e. The maximum Gasteiger partial charge on any atom is 0.229 e. The molecule has 2 aromatic carbocycles. The average Bonchev–Trinajstić information content (AvgIpc) is 3.00. The maximum absolute atomic E-state index is 12.6. The third-order valence-electron chi connectivity index (χ3n) is 4.14. The second kappa shape index (κ2) is 7.74. The first kappa shape index (κ1) is 18.8. The van der Waals surface area contributed by atoms with Crippen LogP contribution in [0.4, 0.5) is 11.4 Å². The Kier molecular flexibility index (Phi) is 5.61. The van der Waals surface area contributed by atoms with Gasteiger partial charge >= 0.3 is 0 Å². The van der Waals surface area contributed by atoms with Gasteiger partial charge in [-0.05, 0) is 30.3 Å². The summed E-state index contributed by atoms with van der Waals surface area (Å²) in [6, 6.07) is 9.98. The van der Waals surface area contributed by atoms with Crippen LogP contribution in [0.3, 0.4) is 0 Å². The van der Waals surface area contributed by atoms with Crippen LogP contribution < -0.4 is 15.0 Å². The highest BCUT2D eigenvalue weighted by Gasteiger charge is 2.36. The molecule has 2 amide bonds. The Hall–Kier alpha value is -1.95. The summed E-state index contributed by atoms with van der Waals surface area (Å²) in [5.74, 6) is -0.489. The topological polar surface area (TPSA) is 58.6 Å². The smallest absolute Gasteiger partial charge is 0.229 e. The molecule has 0 aromatic heterocycles. The fraction of sp³-hybridized carbons (Fsp3) is 0.222. The molecule has 1 atom stereocenters. The molecule has 1 heterocycles. The molecule has 1 saturated heterocycles. The van der Waals surface area contributed by atoms with Crippen LogP contribution in [0.15, 0.2) is 36.4 Å². The van der Waals surface area contributed by atoms with Gasteiger partial charge in [0.15, 0.2) is 0 Å². The van der Waals surface area contributed by atoms with Gasteiger partial charge in [-0.15, -0.1) is 0 Å². The SMILES string of the molecule is COc1ccc(Cl)cc1N1C[C@H](C(=O)Nc2cccc(Cl)c2Cl)CC1=O. The second-order valence-electron chi connectivity index (χ2n) is 5.81. The van der Waals surface area contributed by atoms with Crippen molar-refractivity contribution in [2.75, 3.05) is 23.9 Å². The monoisotopic (exact) mass is 412 g/mol. The van der Waals surface area contributed by atoms with Gasteiger partial charge in [0, 0.05) is 18.0 Å². The van der Waals surface area contributed by atoms with Crippen LogP contribution >= 0.6 is 34.8 Å². The van der Waals surface area contributed by atoms with Crippen molar-refractivity contribution >= 4 is 58.0 Å². The van der Waals surface area contributed by atoms with Crippen LogP contribution in [-0.4, -0.2) is 25.5 Å². The number of nitrogens with one attached hydrogen (secondary N) is 1. The van der Waals surface area contributed by atoms with Gasteiger partial charge < -0.3 is 15.0 Å². The number of methoxy groups -OCH3 is 1. The van der Waals surface area contributed by atoms with Crippen molar-refractivity contribution in [1.82, 2.24) is 0 Å². The Balaban J connectivity index is 1.78. The number of hydrogen-bond donors (Lipinski definition) is 1. The predicted octanol–water partition coefficient (Wildman–Crippen LogP) is 4.65. The number of anilines is 2. The van der Waals surface area contributed by atoms with Crippen molar-refractivity contribution in [2.24, 2.45) is 5.92 Å². The van der Waals surface area contributed by atoms with Crippen LogP contribution in [0.5, 0.6) is 5.75 Å². The number of nitrogens with zero attached hydrogens (tertiary/aromatic N) is 1. The van der Waals surface area contributed by atoms with Crippen molar-refractivity contribution in [3.8, 4) is 5.75 Å². The molecule has 1 aliphatic rings. The van der Waals surface area contributed by atoms with Crippen LogP contribution in [0.25, 0.3) is 0 Å². The molecule has 1 N–H and O–H groups in total. The summed E-state index contributed by atoms with van der Waals surface area (Å²) in [7, 11) is 1.51. The minimum Gasteiger partial charge on any atom is -0.495 e. The van der Waals surface area contributed by atoms with Crippen LogP contribution in [0.1, 0.15) is 6.42 Å². The van der Waals surface area contributed by atoms with Crippen molar-refractivity contribution in [1.29, 1.82) is 0 Å². The summed E-state index contributed by atoms with van der Waals surface area (Å²) in [6.07, 6.45) is 0.0830. The Labute approximate surface area is 165 Å². The zero-order valence-corrected chi connectivity index (χ0v) is 16.0. The van der Waals surface area contributed by atoms with Crippen molar-refractivity contribution in [3.05, 3.63) is 51.5 Å². The molecule has 2 aromatic rings. The maximum atomic E-state index is 12.6. The van der Waals surface area contributed by atoms with E-state index in [0.717, 1.165) is 0 Å². The van der Waals surface area contributed by atoms with Gasteiger partial charge in [0.1, 0.15) is 5.75 Å². The summed E-state index contributed by atoms with van der Waals surface area (Å²) >= 11 is 18.1. The highest BCUT2D eigenvalue weighted by atomic mass is 35.5. The molecule has 0 radical (unpaired) electrons. The lowest BCUT2D eigenvalue weighted by atomic mass is 10.1. The number of amides is 2. The molecular formula is C18H15Cl3N2O3. The summed E-state index contributed by atoms with van der Waals surface area (Å²) in [4.78, 5) is 26.5. The molecular weight excluding hydrogens is 399 g/mol. The number of carbonyl (C=O) groups excluding carboxylic acids is 2. The van der Waals surface area contributed by atoms with Gasteiger partial charge in [0.2, 0.25) is 11.8 Å². The quantitative estimate of drug-likeness (QED) is 0.794. The van der Waals surface area contributed by atoms with Gasteiger partial charge in [-0.3, -0.25) is 9.59 Å². The second-order valence-corrected chi connectivity index (χ2v) is 7.03. The van der Waals surface area contributed by atoms with E-state index >= 15 is 0 Å². The van der Waals surface area contributed by atoms with Gasteiger partial charge in [0.05, 0.1) is 34.4 Å². The van der Waals surface area contributed by atoms with Crippen LogP contribution in [0, 0.1) is 5.92 Å². The predicted molar refractivity (Wildman–Crippen MR) is 104 cm³/mol. The van der Waals surface area contributed by atoms with E-state index < -0.39 is 5.92 Å². The van der Waals surface area contributed by atoms with E-state index in [9.17, 15) is 9.59 Å². The summed E-state index contributed by atoms with van der Waals surface area (Å²) in [5.41, 5.74) is 0.955. The van der Waals surface area contributed by atoms with Gasteiger partial charge in [-0.2, -0.15) is 0 Å². The van der Waals surface area contributed by atoms with E-state index in [0.29, 0.717) is 27.2 Å². The lowest BCUT2D eigenvalue weighted by molar-refractivity contribution is -0.122. The third-order valence-corrected chi connectivity index (χ3v) is 5.19. The molecule has 0 bridgehead atoms. The average molecular weight is 414 g/mol. The van der Waals surface area contributed by atoms with Crippen LogP contribution in [-0.2, 0) is 9.59 Å². The molecule has 0 unspecified atom stereocenters. The van der Waals surface area contributed by atoms with Crippen molar-refractivity contribution in [2.45, 2.75) is 6.42 Å². The number of carbonyl (C=O) groups is 2. The third kappa shape index (κ3) is 3.75. The molecule has 0 spiro atoms. The highest BCUT2D eigenvalue weighted by Crippen LogP contribution is 2.36. The van der Waals surface area contributed by atoms with Gasteiger partial charge in [-0.25, -0.2) is 0 Å². The zero-order valence-electron chi connectivity index (χ0n) is 13.8. The van der Waals surface area contributed by atoms with Crippen molar-refractivity contribution < 1.29 is 14.3 Å². The first-order valence-corrected chi connectivity index (χ1v) is 8.93. The minimum absolute atomic E-state index is 0.0830. The Morgan fingerprint density at radius 3 is 2.73 bits per heavy atom. The fourth-order valence-corrected chi connectivity index (χ4v) is 3.34. The van der Waals surface area contributed by atoms with E-state index in [2.05, 4.69) is 5.32 Å². The molecule has 1 aliphatic heterocycles. The van der Waals surface area contributed by atoms with Gasteiger partial charge in [0.25, 0.3) is 0 Å². The fourth-order valence-electron chi connectivity index (χ4n) is 2.83. The first-order valence-electron chi connectivity index (χ1n) is 7.79. The number of benzene rings is 2. The van der Waals surface area contributed by atoms with Gasteiger partial charge in [-0.1, -0.05) is 40.9 Å². The van der Waals surface area contributed by atoms with E-state index in [-0.39, 0.29) is 29.8 Å². The lowest BCUT2D eigenvalue weighted by Gasteiger charge is -2.20. The molecule has 26 heavy (non-hydrogen) atoms.